The molecule has 2 aromatic carbocycles. The van der Waals surface area contributed by atoms with Gasteiger partial charge in [-0.1, -0.05) is 6.07 Å². The number of thioether (sulfide) groups is 1. The van der Waals surface area contributed by atoms with Crippen molar-refractivity contribution in [3.05, 3.63) is 82.4 Å². The van der Waals surface area contributed by atoms with Crippen molar-refractivity contribution in [1.82, 2.24) is 14.8 Å². The minimum Gasteiger partial charge on any atom is -0.495 e. The molecule has 39 heavy (non-hydrogen) atoms. The van der Waals surface area contributed by atoms with Crippen molar-refractivity contribution in [3.8, 4) is 11.5 Å². The van der Waals surface area contributed by atoms with Gasteiger partial charge in [0.2, 0.25) is 5.91 Å². The van der Waals surface area contributed by atoms with Crippen LogP contribution in [0.2, 0.25) is 0 Å². The molecule has 0 spiro atoms. The number of halogens is 1. The Morgan fingerprint density at radius 3 is 2.36 bits per heavy atom. The summed E-state index contributed by atoms with van der Waals surface area (Å²) in [5.41, 5.74) is 5.87. The summed E-state index contributed by atoms with van der Waals surface area (Å²) in [6.07, 6.45) is 4.02. The van der Waals surface area contributed by atoms with Crippen molar-refractivity contribution < 1.29 is 23.5 Å². The lowest BCUT2D eigenvalue weighted by Crippen LogP contribution is -2.23. The fourth-order valence-corrected chi connectivity index (χ4v) is 5.35. The summed E-state index contributed by atoms with van der Waals surface area (Å²) in [7, 11) is 8.38. The van der Waals surface area contributed by atoms with Gasteiger partial charge >= 0.3 is 0 Å². The van der Waals surface area contributed by atoms with Gasteiger partial charge in [0.25, 0.3) is 5.24 Å². The lowest BCUT2D eigenvalue weighted by Gasteiger charge is -2.16. The third kappa shape index (κ3) is 6.04. The fourth-order valence-electron chi connectivity index (χ4n) is 4.50. The number of carbonyl (C=O) groups excluding carboxylic acids is 2. The van der Waals surface area contributed by atoms with Gasteiger partial charge in [0.05, 0.1) is 27.2 Å². The molecule has 2 amide bonds. The van der Waals surface area contributed by atoms with Crippen LogP contribution in [0.15, 0.2) is 59.1 Å². The van der Waals surface area contributed by atoms with Crippen LogP contribution < -0.4 is 14.8 Å². The third-order valence-electron chi connectivity index (χ3n) is 6.66. The number of allylic oxidation sites excluding steroid dienone is 2. The normalized spacial score (nSPS) is 13.5. The quantitative estimate of drug-likeness (QED) is 0.350. The predicted octanol–water partition coefficient (Wildman–Crippen LogP) is 5.99. The molecule has 1 heterocycles. The van der Waals surface area contributed by atoms with Crippen molar-refractivity contribution >= 4 is 40.1 Å². The minimum atomic E-state index is -0.361. The number of aromatic nitrogens is 1. The van der Waals surface area contributed by atoms with E-state index in [2.05, 4.69) is 5.32 Å². The van der Waals surface area contributed by atoms with E-state index in [9.17, 15) is 14.0 Å². The molecule has 0 radical (unpaired) electrons. The van der Waals surface area contributed by atoms with Crippen LogP contribution in [0.4, 0.5) is 9.18 Å². The monoisotopic (exact) mass is 549 g/mol. The number of hydrogen-bond donors (Lipinski definition) is 1. The molecular weight excluding hydrogens is 517 g/mol. The van der Waals surface area contributed by atoms with Crippen molar-refractivity contribution in [3.63, 3.8) is 0 Å². The average molecular weight is 550 g/mol. The maximum absolute atomic E-state index is 14.3. The van der Waals surface area contributed by atoms with Crippen molar-refractivity contribution in [2.45, 2.75) is 24.8 Å². The second-order valence-electron chi connectivity index (χ2n) is 9.43. The van der Waals surface area contributed by atoms with Gasteiger partial charge in [-0.3, -0.25) is 9.59 Å². The standard InChI is InChI=1S/C30H32FN3O4S/c1-18-23(12-19-13-26(37-5)29(27(14-19)38-6)39-30(36)33(2)3)22-10-9-20(31)15-25(22)24(18)16-28(35)32-17-21-8-7-11-34(21)4/h7-15H,16-17H2,1-6H3,(H,32,35). The number of rotatable bonds is 8. The van der Waals surface area contributed by atoms with E-state index in [1.165, 1.54) is 17.0 Å². The van der Waals surface area contributed by atoms with Crippen LogP contribution in [-0.4, -0.2) is 48.9 Å². The molecule has 0 aliphatic heterocycles. The highest BCUT2D eigenvalue weighted by molar-refractivity contribution is 8.13. The van der Waals surface area contributed by atoms with Crippen LogP contribution >= 0.6 is 11.8 Å². The minimum absolute atomic E-state index is 0.124. The number of ether oxygens (including phenoxy) is 2. The van der Waals surface area contributed by atoms with Crippen LogP contribution in [0.5, 0.6) is 11.5 Å². The van der Waals surface area contributed by atoms with Crippen LogP contribution in [-0.2, 0) is 18.4 Å². The molecule has 7 nitrogen and oxygen atoms in total. The Labute approximate surface area is 232 Å². The van der Waals surface area contributed by atoms with E-state index in [-0.39, 0.29) is 23.4 Å². The zero-order chi connectivity index (χ0) is 28.3. The molecular formula is C30H32FN3O4S. The number of nitrogens with one attached hydrogen (secondary N) is 1. The lowest BCUT2D eigenvalue weighted by atomic mass is 10.0. The molecule has 0 saturated heterocycles. The summed E-state index contributed by atoms with van der Waals surface area (Å²) in [5, 5.41) is 2.82. The van der Waals surface area contributed by atoms with E-state index in [1.807, 2.05) is 55.1 Å². The van der Waals surface area contributed by atoms with Crippen LogP contribution in [0, 0.1) is 5.82 Å². The summed E-state index contributed by atoms with van der Waals surface area (Å²) in [5.74, 6) is 0.498. The molecule has 9 heteroatoms. The second kappa shape index (κ2) is 11.8. The fraction of sp³-hybridized carbons (Fsp3) is 0.267. The van der Waals surface area contributed by atoms with Gasteiger partial charge in [-0.15, -0.1) is 0 Å². The Morgan fingerprint density at radius 1 is 1.08 bits per heavy atom. The smallest absolute Gasteiger partial charge is 0.286 e. The Balaban J connectivity index is 1.70. The first-order valence-corrected chi connectivity index (χ1v) is 13.2. The van der Waals surface area contributed by atoms with Crippen LogP contribution in [0.1, 0.15) is 35.7 Å². The molecule has 1 aliphatic carbocycles. The molecule has 0 atom stereocenters. The summed E-state index contributed by atoms with van der Waals surface area (Å²) in [4.78, 5) is 27.4. The second-order valence-corrected chi connectivity index (χ2v) is 10.4. The van der Waals surface area contributed by atoms with E-state index in [0.29, 0.717) is 28.5 Å². The number of fused-ring (bicyclic) bond motifs is 1. The highest BCUT2D eigenvalue weighted by Gasteiger charge is 2.26. The molecule has 1 aromatic heterocycles. The van der Waals surface area contributed by atoms with Gasteiger partial charge in [0.1, 0.15) is 22.2 Å². The van der Waals surface area contributed by atoms with E-state index in [0.717, 1.165) is 45.3 Å². The summed E-state index contributed by atoms with van der Waals surface area (Å²) in [6.45, 7) is 2.35. The third-order valence-corrected chi connectivity index (χ3v) is 7.80. The first kappa shape index (κ1) is 28.0. The molecule has 0 unspecified atom stereocenters. The molecule has 3 aromatic rings. The highest BCUT2D eigenvalue weighted by Crippen LogP contribution is 2.45. The maximum atomic E-state index is 14.3. The van der Waals surface area contributed by atoms with E-state index in [4.69, 9.17) is 9.47 Å². The summed E-state index contributed by atoms with van der Waals surface area (Å²) < 4.78 is 27.5. The number of methoxy groups -OCH3 is 2. The lowest BCUT2D eigenvalue weighted by molar-refractivity contribution is -0.120. The van der Waals surface area contributed by atoms with Gasteiger partial charge in [-0.05, 0) is 94.6 Å². The topological polar surface area (TPSA) is 72.8 Å². The molecule has 204 valence electrons. The molecule has 0 saturated carbocycles. The number of carbonyl (C=O) groups is 2. The van der Waals surface area contributed by atoms with E-state index in [1.54, 1.807) is 34.4 Å². The molecule has 0 fully saturated rings. The number of amides is 2. The first-order valence-electron chi connectivity index (χ1n) is 12.4. The predicted molar refractivity (Wildman–Crippen MR) is 153 cm³/mol. The summed E-state index contributed by atoms with van der Waals surface area (Å²) >= 11 is 1.03. The van der Waals surface area contributed by atoms with Crippen molar-refractivity contribution in [1.29, 1.82) is 0 Å². The average Bonchev–Trinajstić information content (AvgIpc) is 3.43. The molecule has 1 aliphatic rings. The Bertz CT molecular complexity index is 1460. The van der Waals surface area contributed by atoms with Gasteiger partial charge in [-0.2, -0.15) is 0 Å². The maximum Gasteiger partial charge on any atom is 0.286 e. The Morgan fingerprint density at radius 2 is 1.77 bits per heavy atom. The number of benzene rings is 2. The van der Waals surface area contributed by atoms with Crippen LogP contribution in [0.3, 0.4) is 0 Å². The summed E-state index contributed by atoms with van der Waals surface area (Å²) in [6, 6.07) is 12.2. The van der Waals surface area contributed by atoms with Crippen molar-refractivity contribution in [2.75, 3.05) is 28.3 Å². The zero-order valence-electron chi connectivity index (χ0n) is 22.9. The van der Waals surface area contributed by atoms with Crippen LogP contribution in [0.25, 0.3) is 17.2 Å². The molecule has 4 rings (SSSR count). The zero-order valence-corrected chi connectivity index (χ0v) is 23.7. The molecule has 0 bridgehead atoms. The highest BCUT2D eigenvalue weighted by atomic mass is 32.2. The largest absolute Gasteiger partial charge is 0.495 e. The number of hydrogen-bond acceptors (Lipinski definition) is 5. The van der Waals surface area contributed by atoms with E-state index < -0.39 is 0 Å². The SMILES string of the molecule is COc1cc(C=C2C(C)=C(CC(=O)NCc3cccn3C)c3cc(F)ccc32)cc(OC)c1SC(=O)N(C)C. The first-order chi connectivity index (χ1) is 18.6. The van der Waals surface area contributed by atoms with Gasteiger partial charge in [-0.25, -0.2) is 4.39 Å². The van der Waals surface area contributed by atoms with Gasteiger partial charge in [0, 0.05) is 33.0 Å². The van der Waals surface area contributed by atoms with Gasteiger partial charge < -0.3 is 24.3 Å². The molecule has 1 N–H and O–H groups in total. The Kier molecular flexibility index (Phi) is 8.50. The van der Waals surface area contributed by atoms with E-state index >= 15 is 0 Å². The van der Waals surface area contributed by atoms with Crippen molar-refractivity contribution in [2.24, 2.45) is 7.05 Å². The Hall–Kier alpha value is -3.98. The van der Waals surface area contributed by atoms with Gasteiger partial charge in [0.15, 0.2) is 0 Å². The number of aryl methyl sites for hydroxylation is 1. The number of nitrogens with zero attached hydrogens (tertiary/aromatic N) is 2.